The van der Waals surface area contributed by atoms with Crippen molar-refractivity contribution in [1.82, 2.24) is 5.32 Å². The van der Waals surface area contributed by atoms with Gasteiger partial charge in [-0.2, -0.15) is 0 Å². The van der Waals surface area contributed by atoms with Gasteiger partial charge in [-0.3, -0.25) is 0 Å². The molecule has 1 N–H and O–H groups in total. The molecule has 0 spiro atoms. The lowest BCUT2D eigenvalue weighted by atomic mass is 9.87. The molecule has 2 aromatic carbocycles. The van der Waals surface area contributed by atoms with Crippen molar-refractivity contribution in [2.75, 3.05) is 7.05 Å². The number of nitrogens with one attached hydrogen (secondary N) is 1. The number of benzene rings is 2. The van der Waals surface area contributed by atoms with Crippen LogP contribution in [0.3, 0.4) is 0 Å². The van der Waals surface area contributed by atoms with Gasteiger partial charge in [-0.1, -0.05) is 55.5 Å². The summed E-state index contributed by atoms with van der Waals surface area (Å²) in [6.07, 6.45) is 0. The van der Waals surface area contributed by atoms with Crippen molar-refractivity contribution in [1.29, 1.82) is 0 Å². The minimum Gasteiger partial charge on any atom is -0.372 e. The zero-order chi connectivity index (χ0) is 13.9. The Morgan fingerprint density at radius 2 is 1.70 bits per heavy atom. The Labute approximate surface area is 120 Å². The van der Waals surface area contributed by atoms with Crippen LogP contribution in [0.15, 0.2) is 48.5 Å². The Morgan fingerprint density at radius 3 is 2.45 bits per heavy atom. The Kier molecular flexibility index (Phi) is 3.86. The first-order chi connectivity index (χ1) is 9.79. The molecule has 3 rings (SSSR count). The van der Waals surface area contributed by atoms with Crippen LogP contribution >= 0.6 is 0 Å². The molecule has 0 aromatic heterocycles. The summed E-state index contributed by atoms with van der Waals surface area (Å²) in [6, 6.07) is 17.7. The monoisotopic (exact) mass is 267 g/mol. The first-order valence-corrected chi connectivity index (χ1v) is 7.21. The molecule has 0 radical (unpaired) electrons. The molecule has 0 bridgehead atoms. The number of hydrogen-bond donors (Lipinski definition) is 1. The van der Waals surface area contributed by atoms with E-state index in [0.29, 0.717) is 12.0 Å². The first-order valence-electron chi connectivity index (χ1n) is 7.21. The number of hydrogen-bond acceptors (Lipinski definition) is 2. The van der Waals surface area contributed by atoms with Gasteiger partial charge in [0, 0.05) is 12.0 Å². The van der Waals surface area contributed by atoms with E-state index in [4.69, 9.17) is 4.74 Å². The Balaban J connectivity index is 1.90. The van der Waals surface area contributed by atoms with E-state index >= 15 is 0 Å². The Morgan fingerprint density at radius 1 is 0.950 bits per heavy atom. The summed E-state index contributed by atoms with van der Waals surface area (Å²) in [5.41, 5.74) is 5.37. The topological polar surface area (TPSA) is 21.3 Å². The van der Waals surface area contributed by atoms with E-state index in [2.05, 4.69) is 60.8 Å². The lowest BCUT2D eigenvalue weighted by molar-refractivity contribution is 0.134. The molecule has 0 amide bonds. The molecule has 1 aliphatic heterocycles. The van der Waals surface area contributed by atoms with Gasteiger partial charge in [0.25, 0.3) is 0 Å². The van der Waals surface area contributed by atoms with Crippen LogP contribution < -0.4 is 5.32 Å². The van der Waals surface area contributed by atoms with Gasteiger partial charge in [0.1, 0.15) is 0 Å². The highest BCUT2D eigenvalue weighted by atomic mass is 16.5. The second-order valence-corrected chi connectivity index (χ2v) is 5.49. The minimum atomic E-state index is 0.322. The smallest absolute Gasteiger partial charge is 0.0725 e. The molecule has 104 valence electrons. The molecule has 2 heteroatoms. The number of fused-ring (bicyclic) bond motifs is 1. The molecule has 2 atom stereocenters. The van der Waals surface area contributed by atoms with Gasteiger partial charge in [0.05, 0.1) is 13.2 Å². The van der Waals surface area contributed by atoms with E-state index in [1.165, 1.54) is 22.3 Å². The summed E-state index contributed by atoms with van der Waals surface area (Å²) in [6.45, 7) is 3.79. The molecule has 1 heterocycles. The highest BCUT2D eigenvalue weighted by molar-refractivity contribution is 5.36. The van der Waals surface area contributed by atoms with Crippen LogP contribution in [0, 0.1) is 0 Å². The zero-order valence-electron chi connectivity index (χ0n) is 12.1. The lowest BCUT2D eigenvalue weighted by Crippen LogP contribution is -2.22. The molecule has 20 heavy (non-hydrogen) atoms. The van der Waals surface area contributed by atoms with E-state index in [9.17, 15) is 0 Å². The summed E-state index contributed by atoms with van der Waals surface area (Å²) in [5, 5.41) is 3.47. The molecule has 0 fully saturated rings. The predicted octanol–water partition coefficient (Wildman–Crippen LogP) is 3.78. The van der Waals surface area contributed by atoms with Crippen molar-refractivity contribution in [2.24, 2.45) is 0 Å². The van der Waals surface area contributed by atoms with E-state index in [1.807, 2.05) is 7.05 Å². The fraction of sp³-hybridized carbons (Fsp3) is 0.333. The molecular formula is C18H21NO. The van der Waals surface area contributed by atoms with E-state index in [0.717, 1.165) is 13.2 Å². The van der Waals surface area contributed by atoms with Crippen LogP contribution in [0.4, 0.5) is 0 Å². The third-order valence-corrected chi connectivity index (χ3v) is 4.24. The SMILES string of the molecule is CNC(c1ccc2c(c1)COC2)C(C)c1ccccc1. The third kappa shape index (κ3) is 2.49. The molecule has 2 unspecified atom stereocenters. The van der Waals surface area contributed by atoms with Crippen LogP contribution in [0.25, 0.3) is 0 Å². The van der Waals surface area contributed by atoms with Crippen molar-refractivity contribution in [2.45, 2.75) is 32.1 Å². The number of likely N-dealkylation sites (N-methyl/N-ethyl adjacent to an activating group) is 1. The molecular weight excluding hydrogens is 246 g/mol. The van der Waals surface area contributed by atoms with Gasteiger partial charge in [0.2, 0.25) is 0 Å². The third-order valence-electron chi connectivity index (χ3n) is 4.24. The minimum absolute atomic E-state index is 0.322. The second-order valence-electron chi connectivity index (χ2n) is 5.49. The summed E-state index contributed by atoms with van der Waals surface area (Å²) < 4.78 is 5.51. The van der Waals surface area contributed by atoms with Gasteiger partial charge in [-0.25, -0.2) is 0 Å². The number of ether oxygens (including phenoxy) is 1. The zero-order valence-corrected chi connectivity index (χ0v) is 12.1. The molecule has 1 aliphatic rings. The van der Waals surface area contributed by atoms with Crippen LogP contribution in [0.5, 0.6) is 0 Å². The largest absolute Gasteiger partial charge is 0.372 e. The number of rotatable bonds is 4. The Bertz CT molecular complexity index is 579. The fourth-order valence-corrected chi connectivity index (χ4v) is 3.04. The molecule has 2 nitrogen and oxygen atoms in total. The maximum Gasteiger partial charge on any atom is 0.0725 e. The molecule has 0 aliphatic carbocycles. The standard InChI is InChI=1S/C18H21NO/c1-13(14-6-4-3-5-7-14)18(19-2)15-8-9-16-11-20-12-17(16)10-15/h3-10,13,18-19H,11-12H2,1-2H3. The van der Waals surface area contributed by atoms with Gasteiger partial charge < -0.3 is 10.1 Å². The maximum absolute atomic E-state index is 5.51. The van der Waals surface area contributed by atoms with Crippen molar-refractivity contribution >= 4 is 0 Å². The van der Waals surface area contributed by atoms with Crippen LogP contribution in [-0.2, 0) is 18.0 Å². The van der Waals surface area contributed by atoms with Gasteiger partial charge >= 0.3 is 0 Å². The average Bonchev–Trinajstić information content (AvgIpc) is 2.96. The summed E-state index contributed by atoms with van der Waals surface area (Å²) in [7, 11) is 2.04. The molecule has 0 saturated carbocycles. The van der Waals surface area contributed by atoms with E-state index in [1.54, 1.807) is 0 Å². The molecule has 0 saturated heterocycles. The van der Waals surface area contributed by atoms with Crippen LogP contribution in [0.2, 0.25) is 0 Å². The highest BCUT2D eigenvalue weighted by Crippen LogP contribution is 2.32. The van der Waals surface area contributed by atoms with Gasteiger partial charge in [0.15, 0.2) is 0 Å². The van der Waals surface area contributed by atoms with Gasteiger partial charge in [-0.05, 0) is 29.3 Å². The Hall–Kier alpha value is -1.64. The van der Waals surface area contributed by atoms with Crippen LogP contribution in [0.1, 0.15) is 41.1 Å². The molecule has 2 aromatic rings. The summed E-state index contributed by atoms with van der Waals surface area (Å²) in [5.74, 6) is 0.432. The first kappa shape index (κ1) is 13.3. The highest BCUT2D eigenvalue weighted by Gasteiger charge is 2.21. The quantitative estimate of drug-likeness (QED) is 0.910. The fourth-order valence-electron chi connectivity index (χ4n) is 3.04. The summed E-state index contributed by atoms with van der Waals surface area (Å²) >= 11 is 0. The van der Waals surface area contributed by atoms with Crippen molar-refractivity contribution < 1.29 is 4.74 Å². The van der Waals surface area contributed by atoms with Gasteiger partial charge in [-0.15, -0.1) is 0 Å². The lowest BCUT2D eigenvalue weighted by Gasteiger charge is -2.25. The second kappa shape index (κ2) is 5.78. The predicted molar refractivity (Wildman–Crippen MR) is 81.6 cm³/mol. The maximum atomic E-state index is 5.51. The van der Waals surface area contributed by atoms with Crippen molar-refractivity contribution in [3.63, 3.8) is 0 Å². The summed E-state index contributed by atoms with van der Waals surface area (Å²) in [4.78, 5) is 0. The van der Waals surface area contributed by atoms with E-state index in [-0.39, 0.29) is 0 Å². The normalized spacial score (nSPS) is 16.7. The van der Waals surface area contributed by atoms with Crippen molar-refractivity contribution in [3.8, 4) is 0 Å². The van der Waals surface area contributed by atoms with Crippen LogP contribution in [-0.4, -0.2) is 7.05 Å². The van der Waals surface area contributed by atoms with E-state index < -0.39 is 0 Å². The van der Waals surface area contributed by atoms with Crippen molar-refractivity contribution in [3.05, 3.63) is 70.8 Å². The average molecular weight is 267 g/mol.